The van der Waals surface area contributed by atoms with Gasteiger partial charge in [0.25, 0.3) is 0 Å². The minimum Gasteiger partial charge on any atom is -0.465 e. The Morgan fingerprint density at radius 2 is 2.23 bits per heavy atom. The molecule has 0 radical (unpaired) electrons. The van der Waals surface area contributed by atoms with E-state index in [9.17, 15) is 4.79 Å². The van der Waals surface area contributed by atoms with Crippen molar-refractivity contribution in [3.8, 4) is 0 Å². The monoisotopic (exact) mass is 205 g/mol. The highest BCUT2D eigenvalue weighted by Crippen LogP contribution is 2.05. The van der Waals surface area contributed by atoms with Crippen molar-refractivity contribution < 1.29 is 9.53 Å². The number of esters is 1. The minimum atomic E-state index is -0.140. The number of carbonyl (C=O) groups excluding carboxylic acids is 1. The number of thioether (sulfide) groups is 1. The topological polar surface area (TPSA) is 38.3 Å². The Bertz CT molecular complexity index is 142. The molecule has 0 aliphatic carbocycles. The zero-order valence-electron chi connectivity index (χ0n) is 8.63. The van der Waals surface area contributed by atoms with Gasteiger partial charge < -0.3 is 10.1 Å². The van der Waals surface area contributed by atoms with Gasteiger partial charge in [0.15, 0.2) is 0 Å². The molecule has 0 aromatic rings. The van der Waals surface area contributed by atoms with Crippen molar-refractivity contribution >= 4 is 17.7 Å². The molecule has 0 amide bonds. The van der Waals surface area contributed by atoms with E-state index in [1.165, 1.54) is 0 Å². The summed E-state index contributed by atoms with van der Waals surface area (Å²) in [6.45, 7) is 4.40. The number of ether oxygens (including phenoxy) is 1. The van der Waals surface area contributed by atoms with E-state index in [1.54, 1.807) is 7.05 Å². The molecule has 0 aliphatic heterocycles. The summed E-state index contributed by atoms with van der Waals surface area (Å²) in [7, 11) is 1.79. The molecule has 0 spiro atoms. The van der Waals surface area contributed by atoms with Crippen LogP contribution in [0.3, 0.4) is 0 Å². The lowest BCUT2D eigenvalue weighted by Gasteiger charge is -2.13. The van der Waals surface area contributed by atoms with Gasteiger partial charge in [-0.05, 0) is 31.9 Å². The second-order valence-electron chi connectivity index (χ2n) is 2.58. The Hall–Kier alpha value is -0.220. The van der Waals surface area contributed by atoms with Gasteiger partial charge in [0, 0.05) is 0 Å². The van der Waals surface area contributed by atoms with Gasteiger partial charge in [0.1, 0.15) is 6.04 Å². The third-order valence-corrected chi connectivity index (χ3v) is 2.61. The van der Waals surface area contributed by atoms with Gasteiger partial charge in [0.2, 0.25) is 0 Å². The molecule has 0 bridgehead atoms. The Balaban J connectivity index is 3.67. The molecule has 78 valence electrons. The van der Waals surface area contributed by atoms with Crippen LogP contribution in [-0.2, 0) is 9.53 Å². The summed E-state index contributed by atoms with van der Waals surface area (Å²) in [5.41, 5.74) is 0. The molecule has 0 fully saturated rings. The van der Waals surface area contributed by atoms with Gasteiger partial charge in [-0.3, -0.25) is 4.79 Å². The zero-order chi connectivity index (χ0) is 10.1. The van der Waals surface area contributed by atoms with E-state index in [0.717, 1.165) is 17.9 Å². The predicted molar refractivity (Wildman–Crippen MR) is 57.1 cm³/mol. The molecule has 1 atom stereocenters. The van der Waals surface area contributed by atoms with Crippen LogP contribution in [0.1, 0.15) is 20.3 Å². The maximum absolute atomic E-state index is 11.3. The first kappa shape index (κ1) is 12.8. The number of hydrogen-bond acceptors (Lipinski definition) is 4. The van der Waals surface area contributed by atoms with Crippen LogP contribution in [-0.4, -0.2) is 37.2 Å². The smallest absolute Gasteiger partial charge is 0.323 e. The maximum atomic E-state index is 11.3. The fourth-order valence-electron chi connectivity index (χ4n) is 0.968. The van der Waals surface area contributed by atoms with Crippen molar-refractivity contribution in [2.75, 3.05) is 25.2 Å². The Labute approximate surface area is 84.6 Å². The lowest BCUT2D eigenvalue weighted by atomic mass is 10.2. The molecule has 0 heterocycles. The van der Waals surface area contributed by atoms with Crippen LogP contribution in [0, 0.1) is 0 Å². The molecular formula is C9H19NO2S. The lowest BCUT2D eigenvalue weighted by Crippen LogP contribution is -2.36. The summed E-state index contributed by atoms with van der Waals surface area (Å²) in [6, 6.07) is -0.140. The van der Waals surface area contributed by atoms with Crippen molar-refractivity contribution in [3.63, 3.8) is 0 Å². The highest BCUT2D eigenvalue weighted by Gasteiger charge is 2.16. The minimum absolute atomic E-state index is 0.137. The molecule has 0 rings (SSSR count). The summed E-state index contributed by atoms with van der Waals surface area (Å²) in [5, 5.41) is 2.96. The Morgan fingerprint density at radius 1 is 1.54 bits per heavy atom. The molecule has 0 saturated heterocycles. The SMILES string of the molecule is CCOC(=O)C(CCSCC)NC. The number of likely N-dealkylation sites (N-methyl/N-ethyl adjacent to an activating group) is 1. The van der Waals surface area contributed by atoms with Crippen molar-refractivity contribution in [2.24, 2.45) is 0 Å². The predicted octanol–water partition coefficient (Wildman–Crippen LogP) is 1.28. The molecule has 4 heteroatoms. The number of rotatable bonds is 7. The fraction of sp³-hybridized carbons (Fsp3) is 0.889. The number of carbonyl (C=O) groups is 1. The zero-order valence-corrected chi connectivity index (χ0v) is 9.45. The average molecular weight is 205 g/mol. The summed E-state index contributed by atoms with van der Waals surface area (Å²) < 4.78 is 4.91. The fourth-order valence-corrected chi connectivity index (χ4v) is 1.66. The third-order valence-electron chi connectivity index (χ3n) is 1.67. The van der Waals surface area contributed by atoms with Crippen LogP contribution in [0.5, 0.6) is 0 Å². The normalized spacial score (nSPS) is 12.5. The molecule has 1 N–H and O–H groups in total. The number of hydrogen-bond donors (Lipinski definition) is 1. The van der Waals surface area contributed by atoms with E-state index in [2.05, 4.69) is 12.2 Å². The van der Waals surface area contributed by atoms with E-state index in [0.29, 0.717) is 6.61 Å². The second-order valence-corrected chi connectivity index (χ2v) is 3.97. The largest absolute Gasteiger partial charge is 0.465 e. The first-order chi connectivity index (χ1) is 6.26. The van der Waals surface area contributed by atoms with Gasteiger partial charge in [-0.15, -0.1) is 0 Å². The first-order valence-corrected chi connectivity index (χ1v) is 5.83. The van der Waals surface area contributed by atoms with Crippen molar-refractivity contribution in [1.29, 1.82) is 0 Å². The summed E-state index contributed by atoms with van der Waals surface area (Å²) in [6.07, 6.45) is 0.841. The third kappa shape index (κ3) is 5.93. The van der Waals surface area contributed by atoms with Crippen LogP contribution in [0.4, 0.5) is 0 Å². The lowest BCUT2D eigenvalue weighted by molar-refractivity contribution is -0.145. The first-order valence-electron chi connectivity index (χ1n) is 4.67. The van der Waals surface area contributed by atoms with Crippen molar-refractivity contribution in [2.45, 2.75) is 26.3 Å². The van der Waals surface area contributed by atoms with E-state index in [4.69, 9.17) is 4.74 Å². The molecular weight excluding hydrogens is 186 g/mol. The molecule has 3 nitrogen and oxygen atoms in total. The van der Waals surface area contributed by atoms with Crippen LogP contribution in [0.25, 0.3) is 0 Å². The summed E-state index contributed by atoms with van der Waals surface area (Å²) in [4.78, 5) is 11.3. The highest BCUT2D eigenvalue weighted by atomic mass is 32.2. The van der Waals surface area contributed by atoms with E-state index in [-0.39, 0.29) is 12.0 Å². The quantitative estimate of drug-likeness (QED) is 0.502. The Morgan fingerprint density at radius 3 is 2.69 bits per heavy atom. The molecule has 0 aliphatic rings. The maximum Gasteiger partial charge on any atom is 0.323 e. The second kappa shape index (κ2) is 8.38. The van der Waals surface area contributed by atoms with Crippen molar-refractivity contribution in [3.05, 3.63) is 0 Å². The van der Waals surface area contributed by atoms with Gasteiger partial charge in [-0.25, -0.2) is 0 Å². The summed E-state index contributed by atoms with van der Waals surface area (Å²) >= 11 is 1.84. The standard InChI is InChI=1S/C9H19NO2S/c1-4-12-9(11)8(10-3)6-7-13-5-2/h8,10H,4-7H2,1-3H3. The average Bonchev–Trinajstić information content (AvgIpc) is 2.13. The van der Waals surface area contributed by atoms with E-state index < -0.39 is 0 Å². The molecule has 0 aromatic heterocycles. The van der Waals surface area contributed by atoms with E-state index >= 15 is 0 Å². The van der Waals surface area contributed by atoms with Gasteiger partial charge >= 0.3 is 5.97 Å². The molecule has 0 saturated carbocycles. The van der Waals surface area contributed by atoms with Crippen LogP contribution in [0.15, 0.2) is 0 Å². The molecule has 1 unspecified atom stereocenters. The van der Waals surface area contributed by atoms with Crippen molar-refractivity contribution in [1.82, 2.24) is 5.32 Å². The van der Waals surface area contributed by atoms with Gasteiger partial charge in [0.05, 0.1) is 6.61 Å². The van der Waals surface area contributed by atoms with Crippen LogP contribution >= 0.6 is 11.8 Å². The highest BCUT2D eigenvalue weighted by molar-refractivity contribution is 7.99. The molecule has 0 aromatic carbocycles. The van der Waals surface area contributed by atoms with Gasteiger partial charge in [-0.1, -0.05) is 6.92 Å². The van der Waals surface area contributed by atoms with E-state index in [1.807, 2.05) is 18.7 Å². The molecule has 13 heavy (non-hydrogen) atoms. The van der Waals surface area contributed by atoms with Gasteiger partial charge in [-0.2, -0.15) is 11.8 Å². The number of nitrogens with one attached hydrogen (secondary N) is 1. The van der Waals surface area contributed by atoms with Crippen LogP contribution < -0.4 is 5.32 Å². The Kier molecular flexibility index (Phi) is 8.24. The van der Waals surface area contributed by atoms with Crippen LogP contribution in [0.2, 0.25) is 0 Å². The summed E-state index contributed by atoms with van der Waals surface area (Å²) in [5.74, 6) is 1.96.